The van der Waals surface area contributed by atoms with E-state index in [-0.39, 0.29) is 19.8 Å². The Kier molecular flexibility index (Phi) is 11.6. The predicted octanol–water partition coefficient (Wildman–Crippen LogP) is 2.51. The Balaban J connectivity index is 1.48. The number of hydrogen-bond acceptors (Lipinski definition) is 14. The molecule has 0 aliphatic carbocycles. The molecule has 3 saturated heterocycles. The molecule has 3 aliphatic heterocycles. The maximum absolute atomic E-state index is 12.5. The highest BCUT2D eigenvalue weighted by Crippen LogP contribution is 2.38. The van der Waals surface area contributed by atoms with E-state index in [0.29, 0.717) is 0 Å². The molecular weight excluding hydrogens is 620 g/mol. The van der Waals surface area contributed by atoms with Crippen LogP contribution < -0.4 is 0 Å². The SMILES string of the molecule is CC(=O)O[C@H]1[C@H](O[C@H]2OC[C@@H](OC(C)=O)[C@H](OC(C)=O)[C@H]2OC(C)=O)[C@@H](OCc2ccccc2)O[C@H]2CO[C@@H](c3ccccc3)O[C@@H]12. The van der Waals surface area contributed by atoms with Gasteiger partial charge < -0.3 is 47.4 Å². The topological polar surface area (TPSA) is 161 Å². The van der Waals surface area contributed by atoms with E-state index in [9.17, 15) is 19.2 Å². The van der Waals surface area contributed by atoms with Crippen LogP contribution in [-0.2, 0) is 73.2 Å². The van der Waals surface area contributed by atoms with Gasteiger partial charge in [-0.3, -0.25) is 19.2 Å². The first kappa shape index (κ1) is 34.4. The highest BCUT2D eigenvalue weighted by atomic mass is 16.8. The van der Waals surface area contributed by atoms with Crippen molar-refractivity contribution in [2.75, 3.05) is 13.2 Å². The summed E-state index contributed by atoms with van der Waals surface area (Å²) in [7, 11) is 0. The van der Waals surface area contributed by atoms with Crippen molar-refractivity contribution in [3.8, 4) is 0 Å². The lowest BCUT2D eigenvalue weighted by molar-refractivity contribution is -0.389. The van der Waals surface area contributed by atoms with Gasteiger partial charge in [0, 0.05) is 33.3 Å². The molecular formula is C33H38O14. The van der Waals surface area contributed by atoms with Crippen LogP contribution in [0.4, 0.5) is 0 Å². The standard InChI is InChI=1S/C33H38O14/c1-18(34)41-24-16-40-33(29(44-21(4)37)27(24)42-19(2)35)47-30-28(43-20(3)36)26-25(17-39-31(46-26)23-13-9-6-10-14-23)45-32(30)38-15-22-11-7-5-8-12-22/h5-14,24-33H,15-17H2,1-4H3/t24-,25+,26-,27+,28-,29-,30+,31-,32+,33-/m1/s1. The third-order valence-electron chi connectivity index (χ3n) is 7.51. The van der Waals surface area contributed by atoms with Gasteiger partial charge in [0.15, 0.2) is 49.4 Å². The highest BCUT2D eigenvalue weighted by molar-refractivity contribution is 5.68. The van der Waals surface area contributed by atoms with E-state index in [1.807, 2.05) is 60.7 Å². The average molecular weight is 659 g/mol. The van der Waals surface area contributed by atoms with Gasteiger partial charge in [-0.1, -0.05) is 60.7 Å². The lowest BCUT2D eigenvalue weighted by Gasteiger charge is -2.50. The normalized spacial score (nSPS) is 31.9. The Morgan fingerprint density at radius 3 is 1.87 bits per heavy atom. The van der Waals surface area contributed by atoms with Crippen molar-refractivity contribution in [3.63, 3.8) is 0 Å². The first-order chi connectivity index (χ1) is 22.6. The Morgan fingerprint density at radius 1 is 0.638 bits per heavy atom. The van der Waals surface area contributed by atoms with Crippen LogP contribution >= 0.6 is 0 Å². The van der Waals surface area contributed by atoms with Crippen molar-refractivity contribution in [1.29, 1.82) is 0 Å². The van der Waals surface area contributed by atoms with E-state index in [1.165, 1.54) is 13.8 Å². The zero-order chi connectivity index (χ0) is 33.5. The van der Waals surface area contributed by atoms with Gasteiger partial charge in [0.25, 0.3) is 0 Å². The lowest BCUT2D eigenvalue weighted by atomic mass is 9.96. The summed E-state index contributed by atoms with van der Waals surface area (Å²) in [5, 5.41) is 0. The average Bonchev–Trinajstić information content (AvgIpc) is 3.03. The molecule has 0 radical (unpaired) electrons. The summed E-state index contributed by atoms with van der Waals surface area (Å²) in [6, 6.07) is 18.5. The van der Waals surface area contributed by atoms with Crippen molar-refractivity contribution in [2.24, 2.45) is 0 Å². The fraction of sp³-hybridized carbons (Fsp3) is 0.515. The van der Waals surface area contributed by atoms with Crippen molar-refractivity contribution in [3.05, 3.63) is 71.8 Å². The zero-order valence-electron chi connectivity index (χ0n) is 26.4. The van der Waals surface area contributed by atoms with Gasteiger partial charge in [0.05, 0.1) is 19.8 Å². The van der Waals surface area contributed by atoms with E-state index in [1.54, 1.807) is 0 Å². The van der Waals surface area contributed by atoms with Crippen molar-refractivity contribution in [1.82, 2.24) is 0 Å². The summed E-state index contributed by atoms with van der Waals surface area (Å²) < 4.78 is 59.4. The van der Waals surface area contributed by atoms with Gasteiger partial charge in [0.2, 0.25) is 0 Å². The number of benzene rings is 2. The van der Waals surface area contributed by atoms with E-state index in [2.05, 4.69) is 0 Å². The molecule has 5 rings (SSSR count). The summed E-state index contributed by atoms with van der Waals surface area (Å²) >= 11 is 0. The van der Waals surface area contributed by atoms with Crippen LogP contribution in [0.2, 0.25) is 0 Å². The molecule has 0 aromatic heterocycles. The molecule has 0 amide bonds. The van der Waals surface area contributed by atoms with Crippen LogP contribution in [0.3, 0.4) is 0 Å². The number of fused-ring (bicyclic) bond motifs is 1. The Bertz CT molecular complexity index is 1370. The molecule has 2 aromatic rings. The molecule has 10 atom stereocenters. The second-order valence-corrected chi connectivity index (χ2v) is 11.2. The van der Waals surface area contributed by atoms with Gasteiger partial charge in [-0.2, -0.15) is 0 Å². The summed E-state index contributed by atoms with van der Waals surface area (Å²) in [5.74, 6) is -2.78. The molecule has 3 fully saturated rings. The Hall–Kier alpha value is -3.92. The second kappa shape index (κ2) is 15.8. The maximum Gasteiger partial charge on any atom is 0.303 e. The molecule has 0 spiro atoms. The minimum Gasteiger partial charge on any atom is -0.457 e. The van der Waals surface area contributed by atoms with Gasteiger partial charge in [-0.15, -0.1) is 0 Å². The molecule has 3 aliphatic rings. The first-order valence-corrected chi connectivity index (χ1v) is 15.2. The largest absolute Gasteiger partial charge is 0.457 e. The lowest BCUT2D eigenvalue weighted by Crippen LogP contribution is -2.66. The molecule has 2 aromatic carbocycles. The molecule has 0 N–H and O–H groups in total. The predicted molar refractivity (Wildman–Crippen MR) is 157 cm³/mol. The van der Waals surface area contributed by atoms with Crippen LogP contribution in [0, 0.1) is 0 Å². The fourth-order valence-corrected chi connectivity index (χ4v) is 5.66. The maximum atomic E-state index is 12.5. The quantitative estimate of drug-likeness (QED) is 0.271. The molecule has 0 bridgehead atoms. The van der Waals surface area contributed by atoms with Crippen LogP contribution in [0.15, 0.2) is 60.7 Å². The minimum atomic E-state index is -1.43. The summed E-state index contributed by atoms with van der Waals surface area (Å²) in [5.41, 5.74) is 1.56. The molecule has 47 heavy (non-hydrogen) atoms. The number of ether oxygens (including phenoxy) is 10. The van der Waals surface area contributed by atoms with E-state index >= 15 is 0 Å². The van der Waals surface area contributed by atoms with Gasteiger partial charge in [0.1, 0.15) is 12.2 Å². The van der Waals surface area contributed by atoms with Gasteiger partial charge in [-0.25, -0.2) is 0 Å². The van der Waals surface area contributed by atoms with Gasteiger partial charge >= 0.3 is 23.9 Å². The fourth-order valence-electron chi connectivity index (χ4n) is 5.66. The zero-order valence-corrected chi connectivity index (χ0v) is 26.4. The second-order valence-electron chi connectivity index (χ2n) is 11.2. The molecule has 0 saturated carbocycles. The number of esters is 4. The van der Waals surface area contributed by atoms with Crippen LogP contribution in [-0.4, -0.2) is 92.4 Å². The first-order valence-electron chi connectivity index (χ1n) is 15.2. The monoisotopic (exact) mass is 658 g/mol. The van der Waals surface area contributed by atoms with E-state index in [0.717, 1.165) is 25.0 Å². The van der Waals surface area contributed by atoms with Crippen molar-refractivity contribution in [2.45, 2.75) is 95.9 Å². The van der Waals surface area contributed by atoms with E-state index < -0.39 is 85.5 Å². The molecule has 0 unspecified atom stereocenters. The van der Waals surface area contributed by atoms with Crippen LogP contribution in [0.1, 0.15) is 45.1 Å². The smallest absolute Gasteiger partial charge is 0.303 e. The number of hydrogen-bond donors (Lipinski definition) is 0. The van der Waals surface area contributed by atoms with Gasteiger partial charge in [-0.05, 0) is 5.56 Å². The molecule has 3 heterocycles. The Morgan fingerprint density at radius 2 is 1.23 bits per heavy atom. The molecule has 254 valence electrons. The molecule has 14 heteroatoms. The Labute approximate surface area is 271 Å². The van der Waals surface area contributed by atoms with Crippen molar-refractivity contribution >= 4 is 23.9 Å². The minimum absolute atomic E-state index is 0.0779. The molecule has 14 nitrogen and oxygen atoms in total. The number of carbonyl (C=O) groups is 4. The number of carbonyl (C=O) groups excluding carboxylic acids is 4. The van der Waals surface area contributed by atoms with E-state index in [4.69, 9.17) is 47.4 Å². The summed E-state index contributed by atoms with van der Waals surface area (Å²) in [4.78, 5) is 48.8. The van der Waals surface area contributed by atoms with Crippen LogP contribution in [0.25, 0.3) is 0 Å². The summed E-state index contributed by atoms with van der Waals surface area (Å²) in [6.45, 7) is 4.62. The summed E-state index contributed by atoms with van der Waals surface area (Å²) in [6.07, 6.45) is -11.2. The van der Waals surface area contributed by atoms with Crippen molar-refractivity contribution < 1.29 is 66.5 Å². The van der Waals surface area contributed by atoms with Crippen LogP contribution in [0.5, 0.6) is 0 Å². The highest BCUT2D eigenvalue weighted by Gasteiger charge is 2.56. The number of rotatable bonds is 10. The third-order valence-corrected chi connectivity index (χ3v) is 7.51. The third kappa shape index (κ3) is 8.91.